The lowest BCUT2D eigenvalue weighted by atomic mass is 10.0. The molecule has 0 heterocycles. The Labute approximate surface area is 119 Å². The van der Waals surface area contributed by atoms with Crippen LogP contribution in [-0.4, -0.2) is 17.5 Å². The molecule has 108 valence electrons. The van der Waals surface area contributed by atoms with Crippen molar-refractivity contribution in [2.45, 2.75) is 52.2 Å². The Morgan fingerprint density at radius 1 is 1.30 bits per heavy atom. The number of hydrogen-bond donors (Lipinski definition) is 1. The molecular formula is C16H21NO3. The van der Waals surface area contributed by atoms with Crippen LogP contribution in [0.2, 0.25) is 0 Å². The van der Waals surface area contributed by atoms with Gasteiger partial charge in [-0.05, 0) is 57.7 Å². The van der Waals surface area contributed by atoms with E-state index in [1.807, 2.05) is 39.0 Å². The number of aryl methyl sites for hydroxylation is 1. The molecular weight excluding hydrogens is 254 g/mol. The van der Waals surface area contributed by atoms with Gasteiger partial charge in [0.25, 0.3) is 0 Å². The third-order valence-electron chi connectivity index (χ3n) is 3.32. The van der Waals surface area contributed by atoms with Gasteiger partial charge in [-0.1, -0.05) is 12.1 Å². The minimum absolute atomic E-state index is 0.0270. The summed E-state index contributed by atoms with van der Waals surface area (Å²) in [5.74, 6) is 0.0661. The first-order valence-electron chi connectivity index (χ1n) is 6.89. The third-order valence-corrected chi connectivity index (χ3v) is 3.32. The number of hydrogen-bond acceptors (Lipinski definition) is 3. The van der Waals surface area contributed by atoms with Gasteiger partial charge >= 0.3 is 6.09 Å². The highest BCUT2D eigenvalue weighted by atomic mass is 16.6. The maximum absolute atomic E-state index is 11.8. The maximum atomic E-state index is 11.8. The minimum Gasteiger partial charge on any atom is -0.444 e. The molecule has 1 aromatic rings. The number of nitrogens with one attached hydrogen (secondary N) is 1. The predicted octanol–water partition coefficient (Wildman–Crippen LogP) is 3.40. The molecule has 1 aromatic carbocycles. The number of carbonyl (C=O) groups excluding carboxylic acids is 2. The number of Topliss-reactive ketones (excluding diaryl/α,β-unsaturated/α-hetero) is 1. The highest BCUT2D eigenvalue weighted by molar-refractivity contribution is 5.94. The van der Waals surface area contributed by atoms with Crippen molar-refractivity contribution >= 4 is 11.9 Å². The molecule has 0 spiro atoms. The molecule has 4 heteroatoms. The van der Waals surface area contributed by atoms with Crippen LogP contribution in [0.15, 0.2) is 18.2 Å². The minimum atomic E-state index is -0.496. The molecule has 0 saturated carbocycles. The molecule has 1 N–H and O–H groups in total. The zero-order valence-electron chi connectivity index (χ0n) is 12.4. The Morgan fingerprint density at radius 2 is 2.00 bits per heavy atom. The van der Waals surface area contributed by atoms with E-state index in [0.29, 0.717) is 0 Å². The van der Waals surface area contributed by atoms with Crippen molar-refractivity contribution in [1.29, 1.82) is 0 Å². The van der Waals surface area contributed by atoms with Gasteiger partial charge in [0, 0.05) is 5.56 Å². The van der Waals surface area contributed by atoms with Gasteiger partial charge in [0.1, 0.15) is 5.60 Å². The molecule has 1 amide bonds. The van der Waals surface area contributed by atoms with Crippen LogP contribution in [0, 0.1) is 0 Å². The molecule has 0 aromatic heterocycles. The molecule has 0 unspecified atom stereocenters. The summed E-state index contributed by atoms with van der Waals surface area (Å²) >= 11 is 0. The number of carbonyl (C=O) groups is 2. The van der Waals surface area contributed by atoms with Crippen molar-refractivity contribution in [2.24, 2.45) is 0 Å². The smallest absolute Gasteiger partial charge is 0.408 e. The third kappa shape index (κ3) is 3.38. The lowest BCUT2D eigenvalue weighted by Gasteiger charge is -2.22. The number of rotatable bonds is 2. The summed E-state index contributed by atoms with van der Waals surface area (Å²) in [7, 11) is 0. The first kappa shape index (κ1) is 14.6. The van der Waals surface area contributed by atoms with Crippen molar-refractivity contribution in [2.75, 3.05) is 0 Å². The van der Waals surface area contributed by atoms with Crippen LogP contribution in [0.3, 0.4) is 0 Å². The van der Waals surface area contributed by atoms with Gasteiger partial charge in [0.05, 0.1) is 6.04 Å². The summed E-state index contributed by atoms with van der Waals surface area (Å²) in [5, 5.41) is 2.89. The average molecular weight is 275 g/mol. The monoisotopic (exact) mass is 275 g/mol. The number of benzene rings is 1. The molecule has 20 heavy (non-hydrogen) atoms. The Morgan fingerprint density at radius 3 is 2.60 bits per heavy atom. The van der Waals surface area contributed by atoms with Gasteiger partial charge in [0.2, 0.25) is 0 Å². The normalized spacial score (nSPS) is 17.5. The summed E-state index contributed by atoms with van der Waals surface area (Å²) in [5.41, 5.74) is 2.45. The average Bonchev–Trinajstić information content (AvgIpc) is 2.69. The van der Waals surface area contributed by atoms with Crippen LogP contribution in [0.4, 0.5) is 4.79 Å². The second-order valence-corrected chi connectivity index (χ2v) is 6.21. The molecule has 0 saturated heterocycles. The Kier molecular flexibility index (Phi) is 3.84. The second-order valence-electron chi connectivity index (χ2n) is 6.21. The van der Waals surface area contributed by atoms with Crippen LogP contribution in [0.5, 0.6) is 0 Å². The van der Waals surface area contributed by atoms with E-state index in [9.17, 15) is 9.59 Å². The molecule has 0 aliphatic heterocycles. The standard InChI is InChI=1S/C16H21NO3/c1-10(18)11-5-7-13-12(9-11)6-8-14(13)17-15(19)20-16(2,3)4/h5,7,9,14H,6,8H2,1-4H3,(H,17,19)/t14-/m1/s1. The van der Waals surface area contributed by atoms with Crippen molar-refractivity contribution in [3.63, 3.8) is 0 Å². The first-order valence-corrected chi connectivity index (χ1v) is 6.89. The number of fused-ring (bicyclic) bond motifs is 1. The molecule has 0 bridgehead atoms. The Bertz CT molecular complexity index is 543. The molecule has 0 radical (unpaired) electrons. The van der Waals surface area contributed by atoms with Crippen LogP contribution >= 0.6 is 0 Å². The second kappa shape index (κ2) is 5.27. The fourth-order valence-electron chi connectivity index (χ4n) is 2.44. The van der Waals surface area contributed by atoms with Crippen molar-refractivity contribution in [1.82, 2.24) is 5.32 Å². The zero-order valence-corrected chi connectivity index (χ0v) is 12.4. The predicted molar refractivity (Wildman–Crippen MR) is 76.9 cm³/mol. The van der Waals surface area contributed by atoms with E-state index in [2.05, 4.69) is 5.32 Å². The van der Waals surface area contributed by atoms with Crippen LogP contribution in [0.1, 0.15) is 61.6 Å². The van der Waals surface area contributed by atoms with Crippen LogP contribution in [-0.2, 0) is 11.2 Å². The van der Waals surface area contributed by atoms with Crippen molar-refractivity contribution in [3.8, 4) is 0 Å². The van der Waals surface area contributed by atoms with E-state index in [-0.39, 0.29) is 11.8 Å². The van der Waals surface area contributed by atoms with Gasteiger partial charge in [-0.25, -0.2) is 4.79 Å². The summed E-state index contributed by atoms with van der Waals surface area (Å²) < 4.78 is 5.27. The highest BCUT2D eigenvalue weighted by Crippen LogP contribution is 2.32. The summed E-state index contributed by atoms with van der Waals surface area (Å²) in [6.45, 7) is 7.09. The number of ketones is 1. The molecule has 2 rings (SSSR count). The van der Waals surface area contributed by atoms with Gasteiger partial charge < -0.3 is 10.1 Å². The molecule has 0 fully saturated rings. The maximum Gasteiger partial charge on any atom is 0.408 e. The van der Waals surface area contributed by atoms with E-state index >= 15 is 0 Å². The molecule has 1 aliphatic carbocycles. The fraction of sp³-hybridized carbons (Fsp3) is 0.500. The quantitative estimate of drug-likeness (QED) is 0.842. The van der Waals surface area contributed by atoms with Gasteiger partial charge in [-0.15, -0.1) is 0 Å². The lowest BCUT2D eigenvalue weighted by molar-refractivity contribution is 0.0503. The highest BCUT2D eigenvalue weighted by Gasteiger charge is 2.26. The SMILES string of the molecule is CC(=O)c1ccc2c(c1)CC[C@H]2NC(=O)OC(C)(C)C. The van der Waals surface area contributed by atoms with Gasteiger partial charge in [-0.3, -0.25) is 4.79 Å². The van der Waals surface area contributed by atoms with Crippen LogP contribution < -0.4 is 5.32 Å². The number of amides is 1. The molecule has 1 aliphatic rings. The lowest BCUT2D eigenvalue weighted by Crippen LogP contribution is -2.34. The van der Waals surface area contributed by atoms with E-state index < -0.39 is 11.7 Å². The zero-order chi connectivity index (χ0) is 14.9. The van der Waals surface area contributed by atoms with Gasteiger partial charge in [-0.2, -0.15) is 0 Å². The fourth-order valence-corrected chi connectivity index (χ4v) is 2.44. The van der Waals surface area contributed by atoms with E-state index in [4.69, 9.17) is 4.74 Å². The summed E-state index contributed by atoms with van der Waals surface area (Å²) in [4.78, 5) is 23.2. The number of alkyl carbamates (subject to hydrolysis) is 1. The molecule has 1 atom stereocenters. The largest absolute Gasteiger partial charge is 0.444 e. The van der Waals surface area contributed by atoms with Crippen LogP contribution in [0.25, 0.3) is 0 Å². The van der Waals surface area contributed by atoms with Crippen molar-refractivity contribution < 1.29 is 14.3 Å². The van der Waals surface area contributed by atoms with E-state index in [0.717, 1.165) is 29.5 Å². The molecule has 4 nitrogen and oxygen atoms in total. The van der Waals surface area contributed by atoms with Crippen molar-refractivity contribution in [3.05, 3.63) is 34.9 Å². The summed E-state index contributed by atoms with van der Waals surface area (Å²) in [6, 6.07) is 5.65. The Hall–Kier alpha value is -1.84. The van der Waals surface area contributed by atoms with E-state index in [1.54, 1.807) is 6.92 Å². The summed E-state index contributed by atoms with van der Waals surface area (Å²) in [6.07, 6.45) is 1.32. The van der Waals surface area contributed by atoms with E-state index in [1.165, 1.54) is 0 Å². The number of ether oxygens (including phenoxy) is 1. The Balaban J connectivity index is 2.09. The first-order chi connectivity index (χ1) is 9.26. The topological polar surface area (TPSA) is 55.4 Å². The van der Waals surface area contributed by atoms with Gasteiger partial charge in [0.15, 0.2) is 5.78 Å².